The van der Waals surface area contributed by atoms with Crippen molar-refractivity contribution in [2.24, 2.45) is 0 Å². The van der Waals surface area contributed by atoms with Crippen LogP contribution < -0.4 is 21.4 Å². The largest absolute Gasteiger partial charge is 0.394 e. The fourth-order valence-electron chi connectivity index (χ4n) is 2.33. The normalized spacial score (nSPS) is 14.8. The van der Waals surface area contributed by atoms with Crippen molar-refractivity contribution >= 4 is 17.5 Å². The number of nitrogens with zero attached hydrogens (tertiary/aromatic N) is 3. The molecule has 2 heterocycles. The second-order valence-electron chi connectivity index (χ2n) is 5.52. The van der Waals surface area contributed by atoms with Crippen molar-refractivity contribution in [2.75, 3.05) is 37.9 Å². The van der Waals surface area contributed by atoms with Crippen LogP contribution in [-0.2, 0) is 6.54 Å². The van der Waals surface area contributed by atoms with Gasteiger partial charge in [0.25, 0.3) is 0 Å². The van der Waals surface area contributed by atoms with Crippen LogP contribution >= 0.6 is 0 Å². The molecule has 0 fully saturated rings. The van der Waals surface area contributed by atoms with Crippen molar-refractivity contribution < 1.29 is 5.11 Å². The molecule has 1 atom stereocenters. The first-order valence-corrected chi connectivity index (χ1v) is 7.99. The maximum atomic E-state index is 9.32. The summed E-state index contributed by atoms with van der Waals surface area (Å²) >= 11 is 0. The Kier molecular flexibility index (Phi) is 6.00. The lowest BCUT2D eigenvalue weighted by Gasteiger charge is -2.30. The van der Waals surface area contributed by atoms with Gasteiger partial charge in [-0.05, 0) is 13.3 Å². The smallest absolute Gasteiger partial charge is 0.225 e. The first-order chi connectivity index (χ1) is 11.1. The van der Waals surface area contributed by atoms with Crippen molar-refractivity contribution in [3.05, 3.63) is 17.5 Å². The molecule has 0 radical (unpaired) electrons. The summed E-state index contributed by atoms with van der Waals surface area (Å²) in [7, 11) is 3.68. The van der Waals surface area contributed by atoms with Crippen molar-refractivity contribution in [1.29, 1.82) is 0 Å². The minimum Gasteiger partial charge on any atom is -0.394 e. The molecule has 1 aliphatic heterocycles. The zero-order chi connectivity index (χ0) is 16.8. The number of hydrogen-bond acceptors (Lipinski definition) is 8. The van der Waals surface area contributed by atoms with Crippen molar-refractivity contribution in [1.82, 2.24) is 25.7 Å². The number of hydrazine groups is 1. The highest BCUT2D eigenvalue weighted by molar-refractivity contribution is 5.70. The molecule has 0 aliphatic carbocycles. The number of aliphatic hydroxyl groups excluding tert-OH is 1. The van der Waals surface area contributed by atoms with Gasteiger partial charge in [0.1, 0.15) is 11.5 Å². The molecule has 128 valence electrons. The van der Waals surface area contributed by atoms with E-state index in [1.807, 2.05) is 25.2 Å². The predicted molar refractivity (Wildman–Crippen MR) is 92.6 cm³/mol. The molecular formula is C15H27N7O. The van der Waals surface area contributed by atoms with E-state index in [2.05, 4.69) is 38.3 Å². The number of hydrogen-bond donors (Lipinski definition) is 5. The summed E-state index contributed by atoms with van der Waals surface area (Å²) in [5.74, 6) is 1.29. The van der Waals surface area contributed by atoms with Gasteiger partial charge in [0.15, 0.2) is 0 Å². The number of aromatic nitrogens is 2. The molecule has 0 saturated heterocycles. The van der Waals surface area contributed by atoms with E-state index in [-0.39, 0.29) is 12.6 Å². The summed E-state index contributed by atoms with van der Waals surface area (Å²) in [4.78, 5) is 9.14. The summed E-state index contributed by atoms with van der Waals surface area (Å²) in [6.45, 7) is 5.60. The quantitative estimate of drug-likeness (QED) is 0.474. The van der Waals surface area contributed by atoms with Crippen molar-refractivity contribution in [3.63, 3.8) is 0 Å². The SMILES string of the molecule is CCCNC1=CN(NC)Cc2c(N[C@@H](C)CO)nc(NC)nc21. The van der Waals surface area contributed by atoms with E-state index in [0.29, 0.717) is 12.5 Å². The molecule has 8 nitrogen and oxygen atoms in total. The Bertz CT molecular complexity index is 561. The van der Waals surface area contributed by atoms with Crippen LogP contribution in [-0.4, -0.2) is 53.4 Å². The van der Waals surface area contributed by atoms with Gasteiger partial charge in [-0.3, -0.25) is 0 Å². The molecule has 5 N–H and O–H groups in total. The first-order valence-electron chi connectivity index (χ1n) is 7.99. The van der Waals surface area contributed by atoms with Crippen LogP contribution in [0.5, 0.6) is 0 Å². The van der Waals surface area contributed by atoms with E-state index < -0.39 is 0 Å². The average Bonchev–Trinajstić information content (AvgIpc) is 2.59. The van der Waals surface area contributed by atoms with E-state index in [9.17, 15) is 5.11 Å². The van der Waals surface area contributed by atoms with Gasteiger partial charge in [0, 0.05) is 38.4 Å². The summed E-state index contributed by atoms with van der Waals surface area (Å²) < 4.78 is 0. The van der Waals surface area contributed by atoms with Crippen LogP contribution in [0, 0.1) is 0 Å². The molecule has 23 heavy (non-hydrogen) atoms. The Labute approximate surface area is 137 Å². The molecule has 1 aromatic rings. The second-order valence-corrected chi connectivity index (χ2v) is 5.52. The Balaban J connectivity index is 2.46. The van der Waals surface area contributed by atoms with Crippen LogP contribution in [0.4, 0.5) is 11.8 Å². The van der Waals surface area contributed by atoms with Gasteiger partial charge >= 0.3 is 0 Å². The summed E-state index contributed by atoms with van der Waals surface area (Å²) in [6, 6.07) is -0.0836. The average molecular weight is 321 g/mol. The maximum absolute atomic E-state index is 9.32. The lowest BCUT2D eigenvalue weighted by Crippen LogP contribution is -2.36. The van der Waals surface area contributed by atoms with Crippen LogP contribution in [0.15, 0.2) is 6.20 Å². The molecule has 1 aliphatic rings. The highest BCUT2D eigenvalue weighted by Crippen LogP contribution is 2.29. The third-order valence-electron chi connectivity index (χ3n) is 3.61. The fraction of sp³-hybridized carbons (Fsp3) is 0.600. The van der Waals surface area contributed by atoms with Gasteiger partial charge in [-0.25, -0.2) is 10.4 Å². The molecular weight excluding hydrogens is 294 g/mol. The van der Waals surface area contributed by atoms with Gasteiger partial charge in [-0.15, -0.1) is 0 Å². The standard InChI is InChI=1S/C15H27N7O/c1-5-6-18-12-8-22(17-4)7-11-13(12)20-15(16-3)21-14(11)19-10(2)9-23/h8,10,17-18,23H,5-7,9H2,1-4H3,(H2,16,19,20,21)/t10-/m0/s1. The molecule has 0 bridgehead atoms. The predicted octanol–water partition coefficient (Wildman–Crippen LogP) is 0.559. The lowest BCUT2D eigenvalue weighted by atomic mass is 10.1. The van der Waals surface area contributed by atoms with E-state index >= 15 is 0 Å². The van der Waals surface area contributed by atoms with Gasteiger partial charge in [-0.1, -0.05) is 6.92 Å². The highest BCUT2D eigenvalue weighted by Gasteiger charge is 2.24. The molecule has 0 unspecified atom stereocenters. The summed E-state index contributed by atoms with van der Waals surface area (Å²) in [6.07, 6.45) is 3.05. The summed E-state index contributed by atoms with van der Waals surface area (Å²) in [5, 5.41) is 21.0. The Morgan fingerprint density at radius 1 is 1.35 bits per heavy atom. The fourth-order valence-corrected chi connectivity index (χ4v) is 2.33. The lowest BCUT2D eigenvalue weighted by molar-refractivity contribution is 0.278. The topological polar surface area (TPSA) is 97.4 Å². The van der Waals surface area contributed by atoms with Crippen LogP contribution in [0.3, 0.4) is 0 Å². The molecule has 0 amide bonds. The number of rotatable bonds is 8. The molecule has 1 aromatic heterocycles. The number of anilines is 2. The van der Waals surface area contributed by atoms with E-state index in [1.54, 1.807) is 7.05 Å². The third kappa shape index (κ3) is 4.02. The zero-order valence-electron chi connectivity index (χ0n) is 14.3. The summed E-state index contributed by atoms with van der Waals surface area (Å²) in [5.41, 5.74) is 5.99. The van der Waals surface area contributed by atoms with Crippen LogP contribution in [0.2, 0.25) is 0 Å². The second kappa shape index (κ2) is 7.98. The number of nitrogens with one attached hydrogen (secondary N) is 4. The number of aliphatic hydroxyl groups is 1. The maximum Gasteiger partial charge on any atom is 0.225 e. The zero-order valence-corrected chi connectivity index (χ0v) is 14.3. The van der Waals surface area contributed by atoms with Gasteiger partial charge < -0.3 is 26.1 Å². The van der Waals surface area contributed by atoms with E-state index in [4.69, 9.17) is 0 Å². The molecule has 0 spiro atoms. The van der Waals surface area contributed by atoms with Crippen LogP contribution in [0.1, 0.15) is 31.5 Å². The minimum atomic E-state index is -0.0836. The van der Waals surface area contributed by atoms with E-state index in [0.717, 1.165) is 35.7 Å². The van der Waals surface area contributed by atoms with Gasteiger partial charge in [0.05, 0.1) is 18.8 Å². The molecule has 0 aromatic carbocycles. The molecule has 8 heteroatoms. The Morgan fingerprint density at radius 2 is 2.13 bits per heavy atom. The monoisotopic (exact) mass is 321 g/mol. The van der Waals surface area contributed by atoms with Gasteiger partial charge in [0.2, 0.25) is 5.95 Å². The Hall–Kier alpha value is -2.06. The number of fused-ring (bicyclic) bond motifs is 1. The third-order valence-corrected chi connectivity index (χ3v) is 3.61. The molecule has 2 rings (SSSR count). The first kappa shape index (κ1) is 17.3. The van der Waals surface area contributed by atoms with E-state index in [1.165, 1.54) is 0 Å². The highest BCUT2D eigenvalue weighted by atomic mass is 16.3. The van der Waals surface area contributed by atoms with Crippen LogP contribution in [0.25, 0.3) is 5.70 Å². The molecule has 0 saturated carbocycles. The van der Waals surface area contributed by atoms with Gasteiger partial charge in [-0.2, -0.15) is 4.98 Å². The minimum absolute atomic E-state index is 0.0419. The van der Waals surface area contributed by atoms with Crippen molar-refractivity contribution in [3.8, 4) is 0 Å². The van der Waals surface area contributed by atoms with Crippen molar-refractivity contribution in [2.45, 2.75) is 32.9 Å². The Morgan fingerprint density at radius 3 is 2.74 bits per heavy atom.